The lowest BCUT2D eigenvalue weighted by atomic mass is 9.67. The zero-order valence-electron chi connectivity index (χ0n) is 11.1. The van der Waals surface area contributed by atoms with Gasteiger partial charge in [-0.15, -0.1) is 0 Å². The summed E-state index contributed by atoms with van der Waals surface area (Å²) in [6.07, 6.45) is 8.84. The van der Waals surface area contributed by atoms with Crippen molar-refractivity contribution < 1.29 is 9.90 Å². The quantitative estimate of drug-likeness (QED) is 0.353. The molecule has 17 heavy (non-hydrogen) atoms. The second-order valence-corrected chi connectivity index (χ2v) is 5.55. The molecule has 0 fully saturated rings. The number of hydrogen-bond donors (Lipinski definition) is 1. The molecule has 0 radical (unpaired) electrons. The molecule has 0 aliphatic heterocycles. The minimum atomic E-state index is -0.332. The SMILES string of the molecule is CC1=C[C@@H](O)CC(C)(C)[C@H]1/C=C/C(C)=C/C=O. The van der Waals surface area contributed by atoms with E-state index in [1.54, 1.807) is 6.08 Å². The van der Waals surface area contributed by atoms with E-state index in [4.69, 9.17) is 0 Å². The third-order valence-corrected chi connectivity index (χ3v) is 3.41. The second-order valence-electron chi connectivity index (χ2n) is 5.55. The molecule has 0 heterocycles. The van der Waals surface area contributed by atoms with Gasteiger partial charge in [-0.25, -0.2) is 0 Å². The molecule has 1 rings (SSSR count). The first-order chi connectivity index (χ1) is 7.86. The highest BCUT2D eigenvalue weighted by Crippen LogP contribution is 2.41. The molecule has 0 aromatic heterocycles. The molecule has 0 aromatic rings. The second kappa shape index (κ2) is 5.46. The normalized spacial score (nSPS) is 29.2. The van der Waals surface area contributed by atoms with Crippen molar-refractivity contribution in [3.05, 3.63) is 35.5 Å². The lowest BCUT2D eigenvalue weighted by Crippen LogP contribution is -2.32. The molecule has 94 valence electrons. The van der Waals surface area contributed by atoms with Gasteiger partial charge in [-0.05, 0) is 37.3 Å². The summed E-state index contributed by atoms with van der Waals surface area (Å²) in [5.41, 5.74) is 2.20. The Hall–Kier alpha value is -1.15. The molecular weight excluding hydrogens is 212 g/mol. The lowest BCUT2D eigenvalue weighted by molar-refractivity contribution is -0.104. The Morgan fingerprint density at radius 2 is 2.18 bits per heavy atom. The van der Waals surface area contributed by atoms with E-state index in [2.05, 4.69) is 26.8 Å². The Morgan fingerprint density at radius 3 is 2.71 bits per heavy atom. The average molecular weight is 234 g/mol. The maximum Gasteiger partial charge on any atom is 0.143 e. The Bertz CT molecular complexity index is 372. The smallest absolute Gasteiger partial charge is 0.143 e. The van der Waals surface area contributed by atoms with E-state index in [1.807, 2.05) is 19.1 Å². The van der Waals surface area contributed by atoms with Gasteiger partial charge in [-0.1, -0.05) is 37.6 Å². The van der Waals surface area contributed by atoms with Crippen LogP contribution < -0.4 is 0 Å². The van der Waals surface area contributed by atoms with Crippen LogP contribution in [-0.4, -0.2) is 17.5 Å². The number of carbonyl (C=O) groups is 1. The summed E-state index contributed by atoms with van der Waals surface area (Å²) in [7, 11) is 0. The Kier molecular flexibility index (Phi) is 4.47. The number of aldehydes is 1. The molecule has 1 N–H and O–H groups in total. The summed E-state index contributed by atoms with van der Waals surface area (Å²) in [6, 6.07) is 0. The predicted octanol–water partition coefficient (Wildman–Crippen LogP) is 3.04. The molecule has 1 aliphatic rings. The highest BCUT2D eigenvalue weighted by atomic mass is 16.3. The van der Waals surface area contributed by atoms with Crippen molar-refractivity contribution in [2.75, 3.05) is 0 Å². The van der Waals surface area contributed by atoms with Gasteiger partial charge in [0.05, 0.1) is 6.10 Å². The minimum Gasteiger partial charge on any atom is -0.389 e. The number of carbonyl (C=O) groups excluding carboxylic acids is 1. The minimum absolute atomic E-state index is 0.0518. The summed E-state index contributed by atoms with van der Waals surface area (Å²) < 4.78 is 0. The largest absolute Gasteiger partial charge is 0.389 e. The van der Waals surface area contributed by atoms with E-state index in [9.17, 15) is 9.90 Å². The summed E-state index contributed by atoms with van der Waals surface area (Å²) in [5, 5.41) is 9.74. The molecule has 2 atom stereocenters. The molecule has 2 nitrogen and oxygen atoms in total. The van der Waals surface area contributed by atoms with Gasteiger partial charge in [0, 0.05) is 5.92 Å². The first-order valence-electron chi connectivity index (χ1n) is 6.03. The summed E-state index contributed by atoms with van der Waals surface area (Å²) in [6.45, 7) is 8.30. The van der Waals surface area contributed by atoms with Crippen LogP contribution in [0.15, 0.2) is 35.5 Å². The van der Waals surface area contributed by atoms with E-state index in [0.717, 1.165) is 18.3 Å². The topological polar surface area (TPSA) is 37.3 Å². The van der Waals surface area contributed by atoms with Crippen molar-refractivity contribution >= 4 is 6.29 Å². The molecule has 0 spiro atoms. The third kappa shape index (κ3) is 3.67. The van der Waals surface area contributed by atoms with E-state index in [-0.39, 0.29) is 11.5 Å². The Labute approximate surface area is 104 Å². The van der Waals surface area contributed by atoms with Gasteiger partial charge in [0.15, 0.2) is 0 Å². The highest BCUT2D eigenvalue weighted by molar-refractivity contribution is 5.66. The number of aliphatic hydroxyl groups excluding tert-OH is 1. The van der Waals surface area contributed by atoms with Crippen LogP contribution in [0.2, 0.25) is 0 Å². The molecular formula is C15H22O2. The molecule has 0 saturated heterocycles. The highest BCUT2D eigenvalue weighted by Gasteiger charge is 2.34. The fourth-order valence-corrected chi connectivity index (χ4v) is 2.57. The predicted molar refractivity (Wildman–Crippen MR) is 70.6 cm³/mol. The number of allylic oxidation sites excluding steroid dienone is 5. The average Bonchev–Trinajstić information content (AvgIpc) is 2.14. The molecule has 0 bridgehead atoms. The van der Waals surface area contributed by atoms with Crippen LogP contribution in [0.4, 0.5) is 0 Å². The van der Waals surface area contributed by atoms with E-state index in [1.165, 1.54) is 5.57 Å². The number of rotatable bonds is 3. The lowest BCUT2D eigenvalue weighted by Gasteiger charge is -2.38. The first-order valence-corrected chi connectivity index (χ1v) is 6.03. The van der Waals surface area contributed by atoms with Gasteiger partial charge < -0.3 is 5.11 Å². The summed E-state index contributed by atoms with van der Waals surface area (Å²) >= 11 is 0. The van der Waals surface area contributed by atoms with Gasteiger partial charge in [0.1, 0.15) is 6.29 Å². The van der Waals surface area contributed by atoms with Crippen LogP contribution in [0.1, 0.15) is 34.1 Å². The summed E-state index contributed by atoms with van der Waals surface area (Å²) in [5.74, 6) is 0.320. The maximum atomic E-state index is 10.3. The van der Waals surface area contributed by atoms with Crippen molar-refractivity contribution in [3.8, 4) is 0 Å². The van der Waals surface area contributed by atoms with Crippen molar-refractivity contribution in [2.45, 2.75) is 40.2 Å². The van der Waals surface area contributed by atoms with E-state index in [0.29, 0.717) is 5.92 Å². The van der Waals surface area contributed by atoms with Crippen molar-refractivity contribution in [3.63, 3.8) is 0 Å². The molecule has 0 unspecified atom stereocenters. The summed E-state index contributed by atoms with van der Waals surface area (Å²) in [4.78, 5) is 10.3. The van der Waals surface area contributed by atoms with Crippen molar-refractivity contribution in [2.24, 2.45) is 11.3 Å². The maximum absolute atomic E-state index is 10.3. The monoisotopic (exact) mass is 234 g/mol. The van der Waals surface area contributed by atoms with Crippen molar-refractivity contribution in [1.82, 2.24) is 0 Å². The molecule has 2 heteroatoms. The van der Waals surface area contributed by atoms with Crippen LogP contribution in [0.3, 0.4) is 0 Å². The van der Waals surface area contributed by atoms with Crippen LogP contribution in [0.25, 0.3) is 0 Å². The number of aliphatic hydroxyl groups is 1. The van der Waals surface area contributed by atoms with Crippen LogP contribution >= 0.6 is 0 Å². The van der Waals surface area contributed by atoms with Gasteiger partial charge in [-0.3, -0.25) is 4.79 Å². The first kappa shape index (κ1) is 13.9. The van der Waals surface area contributed by atoms with Gasteiger partial charge in [0.2, 0.25) is 0 Å². The van der Waals surface area contributed by atoms with Gasteiger partial charge in [0.25, 0.3) is 0 Å². The van der Waals surface area contributed by atoms with E-state index >= 15 is 0 Å². The Morgan fingerprint density at radius 1 is 1.53 bits per heavy atom. The van der Waals surface area contributed by atoms with Crippen LogP contribution in [0.5, 0.6) is 0 Å². The van der Waals surface area contributed by atoms with E-state index < -0.39 is 0 Å². The molecule has 0 saturated carbocycles. The molecule has 0 aromatic carbocycles. The van der Waals surface area contributed by atoms with Gasteiger partial charge >= 0.3 is 0 Å². The van der Waals surface area contributed by atoms with Crippen molar-refractivity contribution in [1.29, 1.82) is 0 Å². The van der Waals surface area contributed by atoms with Crippen LogP contribution in [0, 0.1) is 11.3 Å². The van der Waals surface area contributed by atoms with Crippen LogP contribution in [-0.2, 0) is 4.79 Å². The fourth-order valence-electron chi connectivity index (χ4n) is 2.57. The third-order valence-electron chi connectivity index (χ3n) is 3.41. The van der Waals surface area contributed by atoms with Gasteiger partial charge in [-0.2, -0.15) is 0 Å². The standard InChI is InChI=1S/C15H22O2/c1-11(7-8-16)5-6-14-12(2)9-13(17)10-15(14,3)4/h5-9,13-14,17H,10H2,1-4H3/b6-5+,11-7+/t13-,14+/m1/s1. The molecule has 0 amide bonds. The number of hydrogen-bond acceptors (Lipinski definition) is 2. The molecule has 1 aliphatic carbocycles. The zero-order chi connectivity index (χ0) is 13.1. The fraction of sp³-hybridized carbons (Fsp3) is 0.533. The zero-order valence-corrected chi connectivity index (χ0v) is 11.1. The Balaban J connectivity index is 2.92.